The third kappa shape index (κ3) is 3.04. The van der Waals surface area contributed by atoms with Crippen LogP contribution in [0, 0.1) is 10.1 Å². The number of rotatable bonds is 5. The van der Waals surface area contributed by atoms with Crippen molar-refractivity contribution in [1.82, 2.24) is 20.4 Å². The van der Waals surface area contributed by atoms with Crippen molar-refractivity contribution in [2.45, 2.75) is 6.42 Å². The van der Waals surface area contributed by atoms with Crippen molar-refractivity contribution in [1.29, 1.82) is 0 Å². The molecule has 0 spiro atoms. The summed E-state index contributed by atoms with van der Waals surface area (Å²) < 4.78 is 4.54. The lowest BCUT2D eigenvalue weighted by Crippen LogP contribution is -2.27. The van der Waals surface area contributed by atoms with Crippen LogP contribution < -0.4 is 11.1 Å². The van der Waals surface area contributed by atoms with Gasteiger partial charge in [-0.15, -0.1) is 0 Å². The Labute approximate surface area is 112 Å². The fourth-order valence-electron chi connectivity index (χ4n) is 1.43. The van der Waals surface area contributed by atoms with E-state index in [-0.39, 0.29) is 23.6 Å². The number of nitrogens with zero attached hydrogens (tertiary/aromatic N) is 4. The largest absolute Gasteiger partial charge is 0.383 e. The Morgan fingerprint density at radius 2 is 2.30 bits per heavy atom. The molecule has 0 aromatic carbocycles. The smallest absolute Gasteiger partial charge is 0.288 e. The molecule has 2 aromatic heterocycles. The van der Waals surface area contributed by atoms with Crippen molar-refractivity contribution in [2.24, 2.45) is 0 Å². The summed E-state index contributed by atoms with van der Waals surface area (Å²) in [5.41, 5.74) is 5.17. The summed E-state index contributed by atoms with van der Waals surface area (Å²) in [6.45, 7) is 0.237. The maximum Gasteiger partial charge on any atom is 0.288 e. The van der Waals surface area contributed by atoms with Crippen LogP contribution in [0.25, 0.3) is 0 Å². The van der Waals surface area contributed by atoms with E-state index in [9.17, 15) is 14.9 Å². The van der Waals surface area contributed by atoms with E-state index < -0.39 is 10.8 Å². The van der Waals surface area contributed by atoms with Crippen LogP contribution in [0.1, 0.15) is 16.2 Å². The summed E-state index contributed by atoms with van der Waals surface area (Å²) in [6.07, 6.45) is 2.54. The van der Waals surface area contributed by atoms with E-state index in [0.29, 0.717) is 12.2 Å². The molecule has 0 atom stereocenters. The Hall–Kier alpha value is -3.04. The van der Waals surface area contributed by atoms with Crippen molar-refractivity contribution in [3.05, 3.63) is 40.2 Å². The molecule has 2 heterocycles. The topological polar surface area (TPSA) is 150 Å². The fraction of sp³-hybridized carbons (Fsp3) is 0.200. The van der Waals surface area contributed by atoms with Gasteiger partial charge in [-0.2, -0.15) is 4.98 Å². The SMILES string of the molecule is Nc1ncc([N+](=O)[O-])cc1C(=O)NCCc1ncon1. The highest BCUT2D eigenvalue weighted by Gasteiger charge is 2.16. The molecule has 10 nitrogen and oxygen atoms in total. The second-order valence-electron chi connectivity index (χ2n) is 3.74. The molecule has 1 amide bonds. The van der Waals surface area contributed by atoms with E-state index in [4.69, 9.17) is 5.73 Å². The van der Waals surface area contributed by atoms with Crippen molar-refractivity contribution in [3.8, 4) is 0 Å². The molecule has 0 aliphatic carbocycles. The molecule has 10 heteroatoms. The molecule has 0 saturated carbocycles. The van der Waals surface area contributed by atoms with Gasteiger partial charge in [-0.25, -0.2) is 4.98 Å². The second-order valence-corrected chi connectivity index (χ2v) is 3.74. The van der Waals surface area contributed by atoms with Crippen LogP contribution in [0.3, 0.4) is 0 Å². The van der Waals surface area contributed by atoms with Crippen molar-refractivity contribution in [3.63, 3.8) is 0 Å². The summed E-state index contributed by atoms with van der Waals surface area (Å²) >= 11 is 0. The molecule has 2 rings (SSSR count). The molecule has 0 bridgehead atoms. The highest BCUT2D eigenvalue weighted by Crippen LogP contribution is 2.16. The summed E-state index contributed by atoms with van der Waals surface area (Å²) in [4.78, 5) is 29.2. The predicted octanol–water partition coefficient (Wildman–Crippen LogP) is -0.0725. The molecule has 0 saturated heterocycles. The third-order valence-electron chi connectivity index (χ3n) is 2.40. The highest BCUT2D eigenvalue weighted by atomic mass is 16.6. The van der Waals surface area contributed by atoms with Crippen molar-refractivity contribution in [2.75, 3.05) is 12.3 Å². The van der Waals surface area contributed by atoms with Gasteiger partial charge in [-0.3, -0.25) is 14.9 Å². The first-order chi connectivity index (χ1) is 9.58. The average molecular weight is 278 g/mol. The number of anilines is 1. The standard InChI is InChI=1S/C10H10N6O4/c11-9-7(3-6(4-13-9)16(18)19)10(17)12-2-1-8-14-5-20-15-8/h3-5H,1-2H2,(H2,11,13)(H,12,17). The summed E-state index contributed by atoms with van der Waals surface area (Å²) in [6, 6.07) is 1.08. The minimum Gasteiger partial charge on any atom is -0.383 e. The van der Waals surface area contributed by atoms with Crippen LogP contribution in [0.5, 0.6) is 0 Å². The number of pyridine rings is 1. The van der Waals surface area contributed by atoms with Gasteiger partial charge < -0.3 is 15.6 Å². The number of nitrogens with two attached hydrogens (primary N) is 1. The molecule has 20 heavy (non-hydrogen) atoms. The second kappa shape index (κ2) is 5.73. The van der Waals surface area contributed by atoms with E-state index in [0.717, 1.165) is 12.3 Å². The zero-order valence-corrected chi connectivity index (χ0v) is 10.1. The zero-order valence-electron chi connectivity index (χ0n) is 10.1. The lowest BCUT2D eigenvalue weighted by Gasteiger charge is -2.05. The monoisotopic (exact) mass is 278 g/mol. The van der Waals surface area contributed by atoms with E-state index in [1.165, 1.54) is 6.39 Å². The van der Waals surface area contributed by atoms with Gasteiger partial charge in [0, 0.05) is 19.0 Å². The Morgan fingerprint density at radius 3 is 2.95 bits per heavy atom. The molecule has 3 N–H and O–H groups in total. The first-order valence-corrected chi connectivity index (χ1v) is 5.51. The first kappa shape index (κ1) is 13.4. The molecule has 104 valence electrons. The van der Waals surface area contributed by atoms with E-state index in [1.54, 1.807) is 0 Å². The van der Waals surface area contributed by atoms with Gasteiger partial charge in [-0.1, -0.05) is 5.16 Å². The Kier molecular flexibility index (Phi) is 3.84. The average Bonchev–Trinajstić information content (AvgIpc) is 2.92. The Bertz CT molecular complexity index is 627. The van der Waals surface area contributed by atoms with Crippen LogP contribution in [0.2, 0.25) is 0 Å². The summed E-state index contributed by atoms with van der Waals surface area (Å²) in [5.74, 6) is -0.190. The molecule has 2 aromatic rings. The molecule has 0 unspecified atom stereocenters. The molecular weight excluding hydrogens is 268 g/mol. The van der Waals surface area contributed by atoms with Crippen molar-refractivity contribution < 1.29 is 14.2 Å². The van der Waals surface area contributed by atoms with Gasteiger partial charge in [-0.05, 0) is 0 Å². The van der Waals surface area contributed by atoms with Gasteiger partial charge >= 0.3 is 0 Å². The number of amides is 1. The first-order valence-electron chi connectivity index (χ1n) is 5.51. The van der Waals surface area contributed by atoms with Gasteiger partial charge in [0.2, 0.25) is 6.39 Å². The minimum atomic E-state index is -0.650. The predicted molar refractivity (Wildman–Crippen MR) is 65.6 cm³/mol. The van der Waals surface area contributed by atoms with Gasteiger partial charge in [0.25, 0.3) is 11.6 Å². The van der Waals surface area contributed by atoms with Crippen LogP contribution in [0.4, 0.5) is 11.5 Å². The third-order valence-corrected chi connectivity index (χ3v) is 2.40. The minimum absolute atomic E-state index is 0.0488. The highest BCUT2D eigenvalue weighted by molar-refractivity contribution is 5.98. The fourth-order valence-corrected chi connectivity index (χ4v) is 1.43. The van der Waals surface area contributed by atoms with Gasteiger partial charge in [0.1, 0.15) is 12.0 Å². The van der Waals surface area contributed by atoms with E-state index in [1.807, 2.05) is 0 Å². The van der Waals surface area contributed by atoms with Gasteiger partial charge in [0.05, 0.1) is 10.5 Å². The van der Waals surface area contributed by atoms with Crippen LogP contribution in [0.15, 0.2) is 23.2 Å². The maximum atomic E-state index is 11.9. The number of carbonyl (C=O) groups is 1. The summed E-state index contributed by atoms with van der Waals surface area (Å²) in [5, 5.41) is 16.7. The quantitative estimate of drug-likeness (QED) is 0.569. The van der Waals surface area contributed by atoms with Crippen LogP contribution >= 0.6 is 0 Å². The van der Waals surface area contributed by atoms with Crippen LogP contribution in [-0.2, 0) is 6.42 Å². The number of carbonyl (C=O) groups excluding carboxylic acids is 1. The number of hydrogen-bond acceptors (Lipinski definition) is 8. The lowest BCUT2D eigenvalue weighted by atomic mass is 10.2. The van der Waals surface area contributed by atoms with Crippen molar-refractivity contribution >= 4 is 17.4 Å². The van der Waals surface area contributed by atoms with Gasteiger partial charge in [0.15, 0.2) is 5.82 Å². The zero-order chi connectivity index (χ0) is 14.5. The van der Waals surface area contributed by atoms with E-state index in [2.05, 4.69) is 25.0 Å². The van der Waals surface area contributed by atoms with Crippen LogP contribution in [-0.4, -0.2) is 32.5 Å². The molecule has 0 radical (unpaired) electrons. The molecule has 0 fully saturated rings. The summed E-state index contributed by atoms with van der Waals surface area (Å²) in [7, 11) is 0. The maximum absolute atomic E-state index is 11.9. The normalized spacial score (nSPS) is 10.2. The Morgan fingerprint density at radius 1 is 1.50 bits per heavy atom. The molecule has 0 aliphatic heterocycles. The Balaban J connectivity index is 2.01. The number of nitrogen functional groups attached to an aromatic ring is 1. The molecule has 0 aliphatic rings. The number of nitro groups is 1. The lowest BCUT2D eigenvalue weighted by molar-refractivity contribution is -0.385. The number of aromatic nitrogens is 3. The number of nitrogens with one attached hydrogen (secondary N) is 1. The number of hydrogen-bond donors (Lipinski definition) is 2. The molecular formula is C10H10N6O4. The van der Waals surface area contributed by atoms with E-state index >= 15 is 0 Å².